The van der Waals surface area contributed by atoms with Crippen molar-refractivity contribution in [3.63, 3.8) is 0 Å². The van der Waals surface area contributed by atoms with Crippen LogP contribution in [0.15, 0.2) is 35.2 Å². The van der Waals surface area contributed by atoms with Crippen LogP contribution in [0.25, 0.3) is 0 Å². The number of carbonyl (C=O) groups excluding carboxylic acids is 1. The fraction of sp³-hybridized carbons (Fsp3) is 0.588. The standard InChI is InChI=1S/C17H27N3O3S/c1-3-15(4-2)14-18-17(21)19-10-12-20(13-11-19)24(22,23)16-8-6-5-7-9-16/h5-9,15H,3-4,10-14H2,1-2H3,(H,18,21). The van der Waals surface area contributed by atoms with Crippen LogP contribution < -0.4 is 5.32 Å². The second-order valence-corrected chi connectivity index (χ2v) is 8.01. The van der Waals surface area contributed by atoms with Gasteiger partial charge in [0.25, 0.3) is 0 Å². The molecule has 0 atom stereocenters. The van der Waals surface area contributed by atoms with Gasteiger partial charge < -0.3 is 10.2 Å². The van der Waals surface area contributed by atoms with Crippen molar-refractivity contribution in [2.75, 3.05) is 32.7 Å². The maximum absolute atomic E-state index is 12.6. The van der Waals surface area contributed by atoms with Gasteiger partial charge >= 0.3 is 6.03 Å². The molecule has 1 fully saturated rings. The molecule has 1 aliphatic heterocycles. The summed E-state index contributed by atoms with van der Waals surface area (Å²) in [4.78, 5) is 14.2. The van der Waals surface area contributed by atoms with Crippen molar-refractivity contribution in [1.29, 1.82) is 0 Å². The monoisotopic (exact) mass is 353 g/mol. The van der Waals surface area contributed by atoms with Crippen molar-refractivity contribution in [2.24, 2.45) is 5.92 Å². The highest BCUT2D eigenvalue weighted by molar-refractivity contribution is 7.89. The molecule has 1 heterocycles. The molecule has 1 N–H and O–H groups in total. The van der Waals surface area contributed by atoms with Crippen LogP contribution in [0.3, 0.4) is 0 Å². The van der Waals surface area contributed by atoms with Crippen LogP contribution >= 0.6 is 0 Å². The van der Waals surface area contributed by atoms with Crippen LogP contribution in [0, 0.1) is 5.92 Å². The number of nitrogens with zero attached hydrogens (tertiary/aromatic N) is 2. The van der Waals surface area contributed by atoms with Crippen molar-refractivity contribution in [1.82, 2.24) is 14.5 Å². The Balaban J connectivity index is 1.88. The van der Waals surface area contributed by atoms with E-state index in [0.29, 0.717) is 43.5 Å². The first-order chi connectivity index (χ1) is 11.5. The first-order valence-corrected chi connectivity index (χ1v) is 10.0. The van der Waals surface area contributed by atoms with Crippen LogP contribution in [-0.2, 0) is 10.0 Å². The van der Waals surface area contributed by atoms with Crippen molar-refractivity contribution >= 4 is 16.1 Å². The molecule has 0 aliphatic carbocycles. The van der Waals surface area contributed by atoms with Gasteiger partial charge in [-0.1, -0.05) is 44.9 Å². The first-order valence-electron chi connectivity index (χ1n) is 8.57. The third kappa shape index (κ3) is 4.48. The molecule has 0 saturated carbocycles. The summed E-state index contributed by atoms with van der Waals surface area (Å²) >= 11 is 0. The molecule has 6 nitrogen and oxygen atoms in total. The Bertz CT molecular complexity index is 622. The van der Waals surface area contributed by atoms with Crippen LogP contribution in [-0.4, -0.2) is 56.4 Å². The summed E-state index contributed by atoms with van der Waals surface area (Å²) in [6.07, 6.45) is 2.08. The fourth-order valence-electron chi connectivity index (χ4n) is 2.79. The summed E-state index contributed by atoms with van der Waals surface area (Å²) in [6.45, 7) is 6.41. The number of rotatable bonds is 6. The number of urea groups is 1. The molecule has 0 aromatic heterocycles. The van der Waals surface area contributed by atoms with Crippen LogP contribution in [0.4, 0.5) is 4.79 Å². The molecule has 134 valence electrons. The molecule has 1 aromatic carbocycles. The molecule has 0 unspecified atom stereocenters. The number of sulfonamides is 1. The van der Waals surface area contributed by atoms with Crippen LogP contribution in [0.5, 0.6) is 0 Å². The predicted molar refractivity (Wildman–Crippen MR) is 94.2 cm³/mol. The van der Waals surface area contributed by atoms with E-state index in [1.165, 1.54) is 4.31 Å². The average molecular weight is 353 g/mol. The molecule has 1 aliphatic rings. The third-order valence-corrected chi connectivity index (χ3v) is 6.52. The van der Waals surface area contributed by atoms with Gasteiger partial charge in [-0.25, -0.2) is 13.2 Å². The second kappa shape index (κ2) is 8.48. The van der Waals surface area contributed by atoms with E-state index in [9.17, 15) is 13.2 Å². The smallest absolute Gasteiger partial charge is 0.317 e. The maximum Gasteiger partial charge on any atom is 0.317 e. The number of benzene rings is 1. The Morgan fingerprint density at radius 2 is 1.67 bits per heavy atom. The number of carbonyl (C=O) groups is 1. The summed E-state index contributed by atoms with van der Waals surface area (Å²) in [5.74, 6) is 0.494. The Labute approximate surface area is 144 Å². The van der Waals surface area contributed by atoms with Gasteiger partial charge in [0.1, 0.15) is 0 Å². The van der Waals surface area contributed by atoms with E-state index < -0.39 is 10.0 Å². The molecule has 0 spiro atoms. The van der Waals surface area contributed by atoms with Crippen LogP contribution in [0.1, 0.15) is 26.7 Å². The largest absolute Gasteiger partial charge is 0.338 e. The molecule has 2 rings (SSSR count). The SMILES string of the molecule is CCC(CC)CNC(=O)N1CCN(S(=O)(=O)c2ccccc2)CC1. The van der Waals surface area contributed by atoms with E-state index in [1.807, 2.05) is 0 Å². The van der Waals surface area contributed by atoms with E-state index in [4.69, 9.17) is 0 Å². The van der Waals surface area contributed by atoms with Crippen molar-refractivity contribution in [3.8, 4) is 0 Å². The minimum absolute atomic E-state index is 0.0985. The molecule has 1 aromatic rings. The van der Waals surface area contributed by atoms with E-state index in [-0.39, 0.29) is 6.03 Å². The molecule has 1 saturated heterocycles. The van der Waals surface area contributed by atoms with Gasteiger partial charge in [-0.05, 0) is 18.1 Å². The highest BCUT2D eigenvalue weighted by Crippen LogP contribution is 2.17. The molecule has 0 bridgehead atoms. The summed E-state index contributed by atoms with van der Waals surface area (Å²) in [5.41, 5.74) is 0. The summed E-state index contributed by atoms with van der Waals surface area (Å²) < 4.78 is 26.6. The van der Waals surface area contributed by atoms with Gasteiger partial charge in [-0.15, -0.1) is 0 Å². The van der Waals surface area contributed by atoms with Crippen molar-refractivity contribution < 1.29 is 13.2 Å². The molecule has 0 radical (unpaired) electrons. The Hall–Kier alpha value is -1.60. The minimum Gasteiger partial charge on any atom is -0.338 e. The zero-order valence-electron chi connectivity index (χ0n) is 14.4. The fourth-order valence-corrected chi connectivity index (χ4v) is 4.24. The lowest BCUT2D eigenvalue weighted by Crippen LogP contribution is -2.53. The number of nitrogens with one attached hydrogen (secondary N) is 1. The summed E-state index contributed by atoms with van der Waals surface area (Å²) in [6, 6.07) is 8.33. The topological polar surface area (TPSA) is 69.7 Å². The third-order valence-electron chi connectivity index (χ3n) is 4.60. The summed E-state index contributed by atoms with van der Waals surface area (Å²) in [7, 11) is -3.47. The highest BCUT2D eigenvalue weighted by Gasteiger charge is 2.29. The molecule has 24 heavy (non-hydrogen) atoms. The lowest BCUT2D eigenvalue weighted by molar-refractivity contribution is 0.170. The Kier molecular flexibility index (Phi) is 6.62. The van der Waals surface area contributed by atoms with Crippen molar-refractivity contribution in [2.45, 2.75) is 31.6 Å². The van der Waals surface area contributed by atoms with E-state index in [2.05, 4.69) is 19.2 Å². The quantitative estimate of drug-likeness (QED) is 0.852. The maximum atomic E-state index is 12.6. The molecular weight excluding hydrogens is 326 g/mol. The number of amides is 2. The number of piperazine rings is 1. The van der Waals surface area contributed by atoms with E-state index >= 15 is 0 Å². The normalized spacial score (nSPS) is 16.4. The predicted octanol–water partition coefficient (Wildman–Crippen LogP) is 2.14. The van der Waals surface area contributed by atoms with E-state index in [0.717, 1.165) is 12.8 Å². The van der Waals surface area contributed by atoms with Gasteiger partial charge in [0.2, 0.25) is 10.0 Å². The van der Waals surface area contributed by atoms with Crippen LogP contribution in [0.2, 0.25) is 0 Å². The first kappa shape index (κ1) is 18.7. The number of hydrogen-bond donors (Lipinski definition) is 1. The van der Waals surface area contributed by atoms with E-state index in [1.54, 1.807) is 35.2 Å². The molecule has 7 heteroatoms. The summed E-state index contributed by atoms with van der Waals surface area (Å²) in [5, 5.41) is 2.96. The minimum atomic E-state index is -3.47. The van der Waals surface area contributed by atoms with Gasteiger partial charge in [0, 0.05) is 32.7 Å². The highest BCUT2D eigenvalue weighted by atomic mass is 32.2. The Morgan fingerprint density at radius 3 is 2.21 bits per heavy atom. The van der Waals surface area contributed by atoms with Gasteiger partial charge in [0.15, 0.2) is 0 Å². The second-order valence-electron chi connectivity index (χ2n) is 6.07. The van der Waals surface area contributed by atoms with Gasteiger partial charge in [0.05, 0.1) is 4.90 Å². The lowest BCUT2D eigenvalue weighted by Gasteiger charge is -2.34. The lowest BCUT2D eigenvalue weighted by atomic mass is 10.0. The van der Waals surface area contributed by atoms with Gasteiger partial charge in [-0.2, -0.15) is 4.31 Å². The van der Waals surface area contributed by atoms with Gasteiger partial charge in [-0.3, -0.25) is 0 Å². The average Bonchev–Trinajstić information content (AvgIpc) is 2.63. The van der Waals surface area contributed by atoms with Crippen molar-refractivity contribution in [3.05, 3.63) is 30.3 Å². The Morgan fingerprint density at radius 1 is 1.08 bits per heavy atom. The zero-order chi connectivity index (χ0) is 17.6. The molecular formula is C17H27N3O3S. The zero-order valence-corrected chi connectivity index (χ0v) is 15.3. The molecule has 2 amide bonds. The number of hydrogen-bond acceptors (Lipinski definition) is 3.